The standard InChI is InChI=1S/C25H27F3/c1-2-3-16-4-6-17(7-5-16)18-8-10-22(24(27)14-18)19-9-11-23-20(12-19)13-21(26)15-25(23)28/h8,10,12-17H,2-7,9,11H2,1H3. The quantitative estimate of drug-likeness (QED) is 0.507. The number of halogens is 3. The maximum absolute atomic E-state index is 14.9. The van der Waals surface area contributed by atoms with Crippen molar-refractivity contribution < 1.29 is 13.2 Å². The molecular weight excluding hydrogens is 357 g/mol. The van der Waals surface area contributed by atoms with Crippen molar-refractivity contribution in [2.45, 2.75) is 64.2 Å². The van der Waals surface area contributed by atoms with Gasteiger partial charge in [0, 0.05) is 11.6 Å². The first-order valence-corrected chi connectivity index (χ1v) is 10.5. The van der Waals surface area contributed by atoms with Crippen molar-refractivity contribution in [3.05, 3.63) is 70.0 Å². The Morgan fingerprint density at radius 2 is 1.68 bits per heavy atom. The van der Waals surface area contributed by atoms with Crippen molar-refractivity contribution in [2.75, 3.05) is 0 Å². The summed E-state index contributed by atoms with van der Waals surface area (Å²) in [4.78, 5) is 0. The Labute approximate surface area is 165 Å². The van der Waals surface area contributed by atoms with E-state index in [2.05, 4.69) is 6.92 Å². The van der Waals surface area contributed by atoms with Gasteiger partial charge in [0.1, 0.15) is 17.5 Å². The van der Waals surface area contributed by atoms with Crippen molar-refractivity contribution >= 4 is 11.6 Å². The van der Waals surface area contributed by atoms with Crippen LogP contribution in [0.4, 0.5) is 13.2 Å². The first kappa shape index (κ1) is 19.3. The third kappa shape index (κ3) is 3.90. The highest BCUT2D eigenvalue weighted by molar-refractivity contribution is 5.84. The van der Waals surface area contributed by atoms with Gasteiger partial charge < -0.3 is 0 Å². The highest BCUT2D eigenvalue weighted by Gasteiger charge is 2.23. The molecule has 2 aliphatic rings. The van der Waals surface area contributed by atoms with Crippen molar-refractivity contribution in [3.63, 3.8) is 0 Å². The van der Waals surface area contributed by atoms with E-state index in [1.165, 1.54) is 31.7 Å². The van der Waals surface area contributed by atoms with Crippen LogP contribution in [0.25, 0.3) is 11.6 Å². The number of hydrogen-bond acceptors (Lipinski definition) is 0. The number of allylic oxidation sites excluding steroid dienone is 1. The topological polar surface area (TPSA) is 0 Å². The van der Waals surface area contributed by atoms with Crippen LogP contribution in [0.1, 0.15) is 80.0 Å². The molecule has 148 valence electrons. The average Bonchev–Trinajstić information content (AvgIpc) is 2.68. The van der Waals surface area contributed by atoms with E-state index in [0.29, 0.717) is 35.4 Å². The predicted molar refractivity (Wildman–Crippen MR) is 109 cm³/mol. The van der Waals surface area contributed by atoms with E-state index in [1.54, 1.807) is 12.1 Å². The molecule has 0 aliphatic heterocycles. The lowest BCUT2D eigenvalue weighted by Gasteiger charge is -2.29. The third-order valence-electron chi connectivity index (χ3n) is 6.52. The molecule has 0 unspecified atom stereocenters. The van der Waals surface area contributed by atoms with Crippen LogP contribution in [0.2, 0.25) is 0 Å². The van der Waals surface area contributed by atoms with Gasteiger partial charge >= 0.3 is 0 Å². The fourth-order valence-electron chi connectivity index (χ4n) is 4.99. The molecule has 3 heteroatoms. The predicted octanol–water partition coefficient (Wildman–Crippen LogP) is 7.66. The highest BCUT2D eigenvalue weighted by atomic mass is 19.1. The zero-order valence-electron chi connectivity index (χ0n) is 16.4. The van der Waals surface area contributed by atoms with Gasteiger partial charge in [-0.15, -0.1) is 0 Å². The van der Waals surface area contributed by atoms with Gasteiger partial charge in [0.25, 0.3) is 0 Å². The van der Waals surface area contributed by atoms with Crippen LogP contribution in [-0.2, 0) is 6.42 Å². The molecule has 2 aliphatic carbocycles. The minimum atomic E-state index is -0.594. The molecule has 2 aromatic carbocycles. The van der Waals surface area contributed by atoms with Crippen molar-refractivity contribution in [2.24, 2.45) is 5.92 Å². The molecule has 1 fully saturated rings. The number of hydrogen-bond donors (Lipinski definition) is 0. The van der Waals surface area contributed by atoms with Gasteiger partial charge in [0.05, 0.1) is 0 Å². The fraction of sp³-hybridized carbons (Fsp3) is 0.440. The van der Waals surface area contributed by atoms with Gasteiger partial charge in [-0.1, -0.05) is 38.0 Å². The maximum atomic E-state index is 14.9. The van der Waals surface area contributed by atoms with Gasteiger partial charge in [-0.25, -0.2) is 13.2 Å². The molecular formula is C25H27F3. The molecule has 0 bridgehead atoms. The maximum Gasteiger partial charge on any atom is 0.130 e. The van der Waals surface area contributed by atoms with Gasteiger partial charge in [0.15, 0.2) is 0 Å². The first-order valence-electron chi connectivity index (χ1n) is 10.5. The minimum absolute atomic E-state index is 0.222. The first-order chi connectivity index (χ1) is 13.5. The lowest BCUT2D eigenvalue weighted by molar-refractivity contribution is 0.308. The molecule has 4 rings (SSSR count). The number of rotatable bonds is 4. The fourth-order valence-corrected chi connectivity index (χ4v) is 4.99. The monoisotopic (exact) mass is 384 g/mol. The van der Waals surface area contributed by atoms with Crippen molar-refractivity contribution in [1.29, 1.82) is 0 Å². The van der Waals surface area contributed by atoms with Gasteiger partial charge in [-0.2, -0.15) is 0 Å². The molecule has 0 N–H and O–H groups in total. The van der Waals surface area contributed by atoms with Crippen LogP contribution in [0, 0.1) is 23.4 Å². The zero-order valence-corrected chi connectivity index (χ0v) is 16.4. The summed E-state index contributed by atoms with van der Waals surface area (Å²) in [5.74, 6) is -0.0534. The normalized spacial score (nSPS) is 21.9. The smallest absolute Gasteiger partial charge is 0.130 e. The van der Waals surface area contributed by atoms with E-state index in [0.717, 1.165) is 36.0 Å². The van der Waals surface area contributed by atoms with Gasteiger partial charge in [-0.05, 0) is 84.8 Å². The number of fused-ring (bicyclic) bond motifs is 1. The van der Waals surface area contributed by atoms with E-state index in [9.17, 15) is 13.2 Å². The second-order valence-electron chi connectivity index (χ2n) is 8.37. The van der Waals surface area contributed by atoms with Crippen molar-refractivity contribution in [1.82, 2.24) is 0 Å². The molecule has 1 saturated carbocycles. The van der Waals surface area contributed by atoms with Crippen LogP contribution in [-0.4, -0.2) is 0 Å². The molecule has 0 atom stereocenters. The molecule has 28 heavy (non-hydrogen) atoms. The Hall–Kier alpha value is -2.03. The van der Waals surface area contributed by atoms with E-state index in [4.69, 9.17) is 0 Å². The summed E-state index contributed by atoms with van der Waals surface area (Å²) >= 11 is 0. The van der Waals surface area contributed by atoms with Gasteiger partial charge in [0.2, 0.25) is 0 Å². The van der Waals surface area contributed by atoms with Crippen LogP contribution >= 0.6 is 0 Å². The van der Waals surface area contributed by atoms with Gasteiger partial charge in [-0.3, -0.25) is 0 Å². The van der Waals surface area contributed by atoms with Crippen LogP contribution < -0.4 is 0 Å². The molecule has 0 aromatic heterocycles. The van der Waals surface area contributed by atoms with E-state index in [-0.39, 0.29) is 5.82 Å². The second kappa shape index (κ2) is 8.14. The van der Waals surface area contributed by atoms with E-state index in [1.807, 2.05) is 12.1 Å². The molecule has 0 saturated heterocycles. The Bertz CT molecular complexity index is 889. The van der Waals surface area contributed by atoms with E-state index < -0.39 is 11.6 Å². The van der Waals surface area contributed by atoms with E-state index >= 15 is 0 Å². The Morgan fingerprint density at radius 3 is 2.39 bits per heavy atom. The Kier molecular flexibility index (Phi) is 5.61. The van der Waals surface area contributed by atoms with Crippen LogP contribution in [0.5, 0.6) is 0 Å². The largest absolute Gasteiger partial charge is 0.207 e. The lowest BCUT2D eigenvalue weighted by Crippen LogP contribution is -2.13. The highest BCUT2D eigenvalue weighted by Crippen LogP contribution is 2.39. The lowest BCUT2D eigenvalue weighted by atomic mass is 9.77. The SMILES string of the molecule is CCCC1CCC(c2ccc(C3=Cc4cc(F)cc(F)c4CC3)c(F)c2)CC1. The minimum Gasteiger partial charge on any atom is -0.207 e. The third-order valence-corrected chi connectivity index (χ3v) is 6.52. The summed E-state index contributed by atoms with van der Waals surface area (Å²) in [5.41, 5.74) is 3.50. The molecule has 0 heterocycles. The van der Waals surface area contributed by atoms with Crippen LogP contribution in [0.3, 0.4) is 0 Å². The zero-order chi connectivity index (χ0) is 19.7. The summed E-state index contributed by atoms with van der Waals surface area (Å²) in [6.07, 6.45) is 10.1. The van der Waals surface area contributed by atoms with Crippen molar-refractivity contribution in [3.8, 4) is 0 Å². The summed E-state index contributed by atoms with van der Waals surface area (Å²) in [5, 5.41) is 0. The van der Waals surface area contributed by atoms with Crippen LogP contribution in [0.15, 0.2) is 30.3 Å². The summed E-state index contributed by atoms with van der Waals surface area (Å²) in [6, 6.07) is 7.84. The Morgan fingerprint density at radius 1 is 0.893 bits per heavy atom. The summed E-state index contributed by atoms with van der Waals surface area (Å²) < 4.78 is 42.4. The summed E-state index contributed by atoms with van der Waals surface area (Å²) in [6.45, 7) is 2.24. The number of benzene rings is 2. The second-order valence-corrected chi connectivity index (χ2v) is 8.37. The molecule has 0 amide bonds. The average molecular weight is 384 g/mol. The molecule has 0 radical (unpaired) electrons. The molecule has 0 nitrogen and oxygen atoms in total. The molecule has 2 aromatic rings. The molecule has 0 spiro atoms. The summed E-state index contributed by atoms with van der Waals surface area (Å²) in [7, 11) is 0. The Balaban J connectivity index is 1.55.